The second kappa shape index (κ2) is 5.67. The molecule has 1 rings (SSSR count). The molecular formula is C11H13F3N2O. The predicted octanol–water partition coefficient (Wildman–Crippen LogP) is 1.46. The van der Waals surface area contributed by atoms with Gasteiger partial charge in [-0.15, -0.1) is 0 Å². The summed E-state index contributed by atoms with van der Waals surface area (Å²) in [4.78, 5) is 10.6. The summed E-state index contributed by atoms with van der Waals surface area (Å²) < 4.78 is 38.4. The monoisotopic (exact) mass is 246 g/mol. The number of nitrogens with one attached hydrogen (secondary N) is 1. The SMILES string of the molecule is CC(CC(N)=O)NCc1cc(F)c(F)c(F)c1. The molecule has 3 N–H and O–H groups in total. The molecule has 0 heterocycles. The van der Waals surface area contributed by atoms with Gasteiger partial charge in [-0.2, -0.15) is 0 Å². The van der Waals surface area contributed by atoms with E-state index in [1.807, 2.05) is 0 Å². The first-order chi connectivity index (χ1) is 7.90. The molecule has 0 saturated heterocycles. The lowest BCUT2D eigenvalue weighted by molar-refractivity contribution is -0.118. The third kappa shape index (κ3) is 4.07. The molecule has 17 heavy (non-hydrogen) atoms. The summed E-state index contributed by atoms with van der Waals surface area (Å²) >= 11 is 0. The van der Waals surface area contributed by atoms with E-state index in [9.17, 15) is 18.0 Å². The molecular weight excluding hydrogens is 233 g/mol. The zero-order valence-corrected chi connectivity index (χ0v) is 9.27. The lowest BCUT2D eigenvalue weighted by Gasteiger charge is -2.12. The van der Waals surface area contributed by atoms with Crippen molar-refractivity contribution in [2.75, 3.05) is 0 Å². The first kappa shape index (κ1) is 13.5. The largest absolute Gasteiger partial charge is 0.370 e. The highest BCUT2D eigenvalue weighted by molar-refractivity contribution is 5.74. The zero-order valence-electron chi connectivity index (χ0n) is 9.27. The summed E-state index contributed by atoms with van der Waals surface area (Å²) in [5.74, 6) is -4.42. The van der Waals surface area contributed by atoms with Crippen LogP contribution in [0.15, 0.2) is 12.1 Å². The molecule has 1 aromatic rings. The third-order valence-electron chi connectivity index (χ3n) is 2.21. The first-order valence-corrected chi connectivity index (χ1v) is 5.05. The summed E-state index contributed by atoms with van der Waals surface area (Å²) in [7, 11) is 0. The minimum Gasteiger partial charge on any atom is -0.370 e. The fraction of sp³-hybridized carbons (Fsp3) is 0.364. The van der Waals surface area contributed by atoms with Gasteiger partial charge in [0.25, 0.3) is 0 Å². The van der Waals surface area contributed by atoms with Gasteiger partial charge in [-0.1, -0.05) is 0 Å². The van der Waals surface area contributed by atoms with Crippen LogP contribution >= 0.6 is 0 Å². The Morgan fingerprint density at radius 2 is 1.88 bits per heavy atom. The molecule has 3 nitrogen and oxygen atoms in total. The highest BCUT2D eigenvalue weighted by Crippen LogP contribution is 2.13. The number of carbonyl (C=O) groups is 1. The Morgan fingerprint density at radius 1 is 1.35 bits per heavy atom. The number of nitrogens with two attached hydrogens (primary N) is 1. The number of halogens is 3. The number of hydrogen-bond donors (Lipinski definition) is 2. The van der Waals surface area contributed by atoms with Gasteiger partial charge in [-0.25, -0.2) is 13.2 Å². The fourth-order valence-electron chi connectivity index (χ4n) is 1.38. The lowest BCUT2D eigenvalue weighted by Crippen LogP contribution is -2.30. The van der Waals surface area contributed by atoms with Gasteiger partial charge in [0.05, 0.1) is 0 Å². The third-order valence-corrected chi connectivity index (χ3v) is 2.21. The van der Waals surface area contributed by atoms with Gasteiger partial charge in [-0.05, 0) is 24.6 Å². The van der Waals surface area contributed by atoms with Gasteiger partial charge in [-0.3, -0.25) is 4.79 Å². The highest BCUT2D eigenvalue weighted by Gasteiger charge is 2.11. The maximum atomic E-state index is 12.9. The van der Waals surface area contributed by atoms with Crippen molar-refractivity contribution < 1.29 is 18.0 Å². The molecule has 0 radical (unpaired) electrons. The molecule has 0 saturated carbocycles. The maximum Gasteiger partial charge on any atom is 0.218 e. The van der Waals surface area contributed by atoms with Gasteiger partial charge in [0.2, 0.25) is 5.91 Å². The summed E-state index contributed by atoms with van der Waals surface area (Å²) in [6.45, 7) is 1.84. The van der Waals surface area contributed by atoms with Crippen LogP contribution in [0.1, 0.15) is 18.9 Å². The first-order valence-electron chi connectivity index (χ1n) is 5.05. The van der Waals surface area contributed by atoms with Gasteiger partial charge < -0.3 is 11.1 Å². The number of amides is 1. The van der Waals surface area contributed by atoms with Gasteiger partial charge in [0.1, 0.15) is 0 Å². The van der Waals surface area contributed by atoms with Crippen LogP contribution in [0.2, 0.25) is 0 Å². The van der Waals surface area contributed by atoms with Crippen molar-refractivity contribution in [3.8, 4) is 0 Å². The molecule has 0 aliphatic heterocycles. The van der Waals surface area contributed by atoms with E-state index in [1.165, 1.54) is 0 Å². The van der Waals surface area contributed by atoms with E-state index in [0.29, 0.717) is 0 Å². The standard InChI is InChI=1S/C11H13F3N2O/c1-6(2-10(15)17)16-5-7-3-8(12)11(14)9(13)4-7/h3-4,6,16H,2,5H2,1H3,(H2,15,17). The minimum atomic E-state index is -1.49. The Kier molecular flexibility index (Phi) is 4.51. The minimum absolute atomic E-state index is 0.117. The van der Waals surface area contributed by atoms with E-state index in [1.54, 1.807) is 6.92 Å². The average molecular weight is 246 g/mol. The smallest absolute Gasteiger partial charge is 0.218 e. The Bertz CT molecular complexity index is 400. The normalized spacial score (nSPS) is 12.5. The van der Waals surface area contributed by atoms with Crippen LogP contribution < -0.4 is 11.1 Å². The zero-order chi connectivity index (χ0) is 13.0. The van der Waals surface area contributed by atoms with Crippen LogP contribution in [-0.4, -0.2) is 11.9 Å². The van der Waals surface area contributed by atoms with Crippen LogP contribution in [0.25, 0.3) is 0 Å². The molecule has 1 unspecified atom stereocenters. The second-order valence-corrected chi connectivity index (χ2v) is 3.83. The Morgan fingerprint density at radius 3 is 2.35 bits per heavy atom. The topological polar surface area (TPSA) is 55.1 Å². The second-order valence-electron chi connectivity index (χ2n) is 3.83. The van der Waals surface area contributed by atoms with Gasteiger partial charge in [0.15, 0.2) is 17.5 Å². The van der Waals surface area contributed by atoms with E-state index in [0.717, 1.165) is 12.1 Å². The predicted molar refractivity (Wildman–Crippen MR) is 56.4 cm³/mol. The van der Waals surface area contributed by atoms with E-state index >= 15 is 0 Å². The van der Waals surface area contributed by atoms with E-state index in [-0.39, 0.29) is 24.6 Å². The molecule has 0 aliphatic carbocycles. The fourth-order valence-corrected chi connectivity index (χ4v) is 1.38. The number of rotatable bonds is 5. The van der Waals surface area contributed by atoms with Crippen LogP contribution in [0.4, 0.5) is 13.2 Å². The van der Waals surface area contributed by atoms with Gasteiger partial charge in [0, 0.05) is 19.0 Å². The van der Waals surface area contributed by atoms with Crippen LogP contribution in [-0.2, 0) is 11.3 Å². The molecule has 1 aromatic carbocycles. The van der Waals surface area contributed by atoms with Crippen molar-refractivity contribution >= 4 is 5.91 Å². The number of primary amides is 1. The maximum absolute atomic E-state index is 12.9. The molecule has 1 amide bonds. The summed E-state index contributed by atoms with van der Waals surface area (Å²) in [5, 5.41) is 2.85. The van der Waals surface area contributed by atoms with Crippen LogP contribution in [0, 0.1) is 17.5 Å². The lowest BCUT2D eigenvalue weighted by atomic mass is 10.1. The number of benzene rings is 1. The van der Waals surface area contributed by atoms with Crippen LogP contribution in [0.3, 0.4) is 0 Å². The Labute approximate surface area is 96.8 Å². The molecule has 0 fully saturated rings. The van der Waals surface area contributed by atoms with E-state index < -0.39 is 23.4 Å². The van der Waals surface area contributed by atoms with Crippen molar-refractivity contribution in [3.05, 3.63) is 35.1 Å². The van der Waals surface area contributed by atoms with Crippen molar-refractivity contribution in [1.29, 1.82) is 0 Å². The summed E-state index contributed by atoms with van der Waals surface area (Å²) in [6.07, 6.45) is 0.117. The number of hydrogen-bond acceptors (Lipinski definition) is 2. The molecule has 94 valence electrons. The van der Waals surface area contributed by atoms with Crippen molar-refractivity contribution in [2.24, 2.45) is 5.73 Å². The van der Waals surface area contributed by atoms with Crippen molar-refractivity contribution in [2.45, 2.75) is 25.9 Å². The molecule has 0 aromatic heterocycles. The van der Waals surface area contributed by atoms with E-state index in [4.69, 9.17) is 5.73 Å². The van der Waals surface area contributed by atoms with Crippen molar-refractivity contribution in [3.63, 3.8) is 0 Å². The molecule has 6 heteroatoms. The van der Waals surface area contributed by atoms with E-state index in [2.05, 4.69) is 5.32 Å². The van der Waals surface area contributed by atoms with Crippen molar-refractivity contribution in [1.82, 2.24) is 5.32 Å². The average Bonchev–Trinajstić information content (AvgIpc) is 2.22. The highest BCUT2D eigenvalue weighted by atomic mass is 19.2. The van der Waals surface area contributed by atoms with Crippen LogP contribution in [0.5, 0.6) is 0 Å². The molecule has 0 bridgehead atoms. The Balaban J connectivity index is 2.61. The quantitative estimate of drug-likeness (QED) is 0.773. The molecule has 0 spiro atoms. The molecule has 0 aliphatic rings. The summed E-state index contributed by atoms with van der Waals surface area (Å²) in [5.41, 5.74) is 5.24. The Hall–Kier alpha value is -1.56. The summed E-state index contributed by atoms with van der Waals surface area (Å²) in [6, 6.07) is 1.59. The molecule has 1 atom stereocenters. The van der Waals surface area contributed by atoms with Gasteiger partial charge >= 0.3 is 0 Å². The number of carbonyl (C=O) groups excluding carboxylic acids is 1.